The van der Waals surface area contributed by atoms with E-state index in [0.29, 0.717) is 0 Å². The molecule has 0 spiro atoms. The Morgan fingerprint density at radius 3 is 2.48 bits per heavy atom. The van der Waals surface area contributed by atoms with Crippen LogP contribution in [0, 0.1) is 0 Å². The summed E-state index contributed by atoms with van der Waals surface area (Å²) in [5.41, 5.74) is 2.31. The van der Waals surface area contributed by atoms with Crippen molar-refractivity contribution in [2.24, 2.45) is 7.05 Å². The molecule has 0 N–H and O–H groups in total. The molecule has 2 aromatic carbocycles. The van der Waals surface area contributed by atoms with E-state index in [1.807, 2.05) is 19.2 Å². The van der Waals surface area contributed by atoms with Crippen LogP contribution in [0.25, 0.3) is 31.1 Å². The second kappa shape index (κ2) is 4.66. The minimum Gasteiger partial charge on any atom is -0.310 e. The van der Waals surface area contributed by atoms with Gasteiger partial charge in [-0.05, 0) is 12.1 Å². The van der Waals surface area contributed by atoms with Gasteiger partial charge in [-0.2, -0.15) is 0 Å². The smallest absolute Gasteiger partial charge is 0.268 e. The molecular formula is C19H19N2OS+. The number of aryl methyl sites for hydroxylation is 1. The molecular weight excluding hydrogens is 304 g/mol. The Morgan fingerprint density at radius 2 is 1.74 bits per heavy atom. The van der Waals surface area contributed by atoms with Crippen LogP contribution >= 0.6 is 11.3 Å². The minimum atomic E-state index is 0.0895. The zero-order valence-electron chi connectivity index (χ0n) is 13.8. The van der Waals surface area contributed by atoms with Gasteiger partial charge in [0.1, 0.15) is 10.4 Å². The Kier molecular flexibility index (Phi) is 2.92. The van der Waals surface area contributed by atoms with Crippen LogP contribution in [0.2, 0.25) is 0 Å². The third-order valence-corrected chi connectivity index (χ3v) is 5.64. The van der Waals surface area contributed by atoms with Crippen LogP contribution in [0.5, 0.6) is 0 Å². The monoisotopic (exact) mass is 323 g/mol. The van der Waals surface area contributed by atoms with Gasteiger partial charge < -0.3 is 4.57 Å². The Labute approximate surface area is 138 Å². The minimum absolute atomic E-state index is 0.0895. The topological polar surface area (TPSA) is 22.0 Å². The summed E-state index contributed by atoms with van der Waals surface area (Å²) < 4.78 is 4.54. The van der Waals surface area contributed by atoms with Crippen molar-refractivity contribution in [2.45, 2.75) is 0 Å². The van der Waals surface area contributed by atoms with E-state index in [1.165, 1.54) is 15.8 Å². The van der Waals surface area contributed by atoms with E-state index < -0.39 is 0 Å². The van der Waals surface area contributed by atoms with Gasteiger partial charge in [0, 0.05) is 40.0 Å². The molecule has 3 nitrogen and oxygen atoms in total. The molecule has 4 heteroatoms. The first kappa shape index (κ1) is 14.4. The highest BCUT2D eigenvalue weighted by Gasteiger charge is 2.18. The summed E-state index contributed by atoms with van der Waals surface area (Å²) in [5, 5.41) is 3.43. The molecule has 0 saturated heterocycles. The number of thiophene rings is 1. The fourth-order valence-corrected chi connectivity index (χ4v) is 4.35. The van der Waals surface area contributed by atoms with Gasteiger partial charge in [-0.15, -0.1) is 11.3 Å². The van der Waals surface area contributed by atoms with E-state index in [9.17, 15) is 4.79 Å². The van der Waals surface area contributed by atoms with E-state index in [4.69, 9.17) is 0 Å². The predicted molar refractivity (Wildman–Crippen MR) is 102 cm³/mol. The lowest BCUT2D eigenvalue weighted by atomic mass is 10.1. The molecule has 0 saturated carbocycles. The number of nitrogens with zero attached hydrogens (tertiary/aromatic N) is 2. The van der Waals surface area contributed by atoms with Gasteiger partial charge in [-0.3, -0.25) is 9.28 Å². The molecule has 0 fully saturated rings. The Bertz CT molecular complexity index is 1130. The molecule has 0 unspecified atom stereocenters. The molecule has 0 radical (unpaired) electrons. The van der Waals surface area contributed by atoms with Crippen molar-refractivity contribution < 1.29 is 0 Å². The lowest BCUT2D eigenvalue weighted by Gasteiger charge is -2.24. The highest BCUT2D eigenvalue weighted by molar-refractivity contribution is 7.26. The first-order valence-electron chi connectivity index (χ1n) is 7.64. The zero-order chi connectivity index (χ0) is 16.4. The van der Waals surface area contributed by atoms with Gasteiger partial charge in [0.25, 0.3) is 5.56 Å². The average molecular weight is 323 g/mol. The van der Waals surface area contributed by atoms with E-state index in [0.717, 1.165) is 25.5 Å². The van der Waals surface area contributed by atoms with Crippen molar-refractivity contribution in [1.29, 1.82) is 0 Å². The van der Waals surface area contributed by atoms with Gasteiger partial charge in [-0.25, -0.2) is 0 Å². The molecule has 0 atom stereocenters. The average Bonchev–Trinajstić information content (AvgIpc) is 2.91. The van der Waals surface area contributed by atoms with E-state index in [2.05, 4.69) is 51.5 Å². The number of fused-ring (bicyclic) bond motifs is 5. The molecule has 0 aliphatic heterocycles. The largest absolute Gasteiger partial charge is 0.310 e. The maximum atomic E-state index is 12.8. The van der Waals surface area contributed by atoms with Gasteiger partial charge in [0.05, 0.1) is 26.7 Å². The molecule has 4 rings (SSSR count). The standard InChI is InChI=1S/C19H19N2OS/c1-20-15-10-9-12(21(2,3)4)11-14(15)17-13-7-5-6-8-16(13)23-18(17)19(20)22/h5-11H,1-4H3/q+1. The highest BCUT2D eigenvalue weighted by Crippen LogP contribution is 2.37. The fraction of sp³-hybridized carbons (Fsp3) is 0.211. The lowest BCUT2D eigenvalue weighted by Crippen LogP contribution is -2.34. The number of aromatic nitrogens is 1. The molecule has 23 heavy (non-hydrogen) atoms. The van der Waals surface area contributed by atoms with Gasteiger partial charge >= 0.3 is 0 Å². The third kappa shape index (κ3) is 2.02. The van der Waals surface area contributed by atoms with Crippen LogP contribution in [-0.2, 0) is 7.05 Å². The first-order valence-corrected chi connectivity index (χ1v) is 8.45. The summed E-state index contributed by atoms with van der Waals surface area (Å²) in [6, 6.07) is 14.7. The normalized spacial score (nSPS) is 12.5. The van der Waals surface area contributed by atoms with Crippen molar-refractivity contribution in [1.82, 2.24) is 9.05 Å². The van der Waals surface area contributed by atoms with Crippen molar-refractivity contribution >= 4 is 48.1 Å². The number of rotatable bonds is 1. The van der Waals surface area contributed by atoms with Gasteiger partial charge in [0.15, 0.2) is 0 Å². The van der Waals surface area contributed by atoms with Crippen molar-refractivity contribution in [3.8, 4) is 0 Å². The summed E-state index contributed by atoms with van der Waals surface area (Å²) >= 11 is 1.59. The van der Waals surface area contributed by atoms with E-state index in [1.54, 1.807) is 15.9 Å². The molecule has 0 amide bonds. The summed E-state index contributed by atoms with van der Waals surface area (Å²) in [5.74, 6) is 0. The molecule has 0 aliphatic carbocycles. The summed E-state index contributed by atoms with van der Waals surface area (Å²) in [6.45, 7) is 0. The Balaban J connectivity index is 2.31. The number of hydrogen-bond donors (Lipinski definition) is 0. The second-order valence-electron chi connectivity index (χ2n) is 6.88. The van der Waals surface area contributed by atoms with Crippen molar-refractivity contribution in [2.75, 3.05) is 21.1 Å². The first-order chi connectivity index (χ1) is 10.9. The molecule has 2 heterocycles. The summed E-state index contributed by atoms with van der Waals surface area (Å²) in [6.07, 6.45) is 0. The van der Waals surface area contributed by atoms with Crippen molar-refractivity contribution in [3.63, 3.8) is 0 Å². The molecule has 2 aromatic heterocycles. The Hall–Kier alpha value is -2.17. The van der Waals surface area contributed by atoms with Crippen LogP contribution in [0.1, 0.15) is 0 Å². The molecule has 0 bridgehead atoms. The summed E-state index contributed by atoms with van der Waals surface area (Å²) in [4.78, 5) is 12.8. The maximum absolute atomic E-state index is 12.8. The third-order valence-electron chi connectivity index (χ3n) is 4.48. The van der Waals surface area contributed by atoms with Crippen LogP contribution in [0.3, 0.4) is 0 Å². The summed E-state index contributed by atoms with van der Waals surface area (Å²) in [7, 11) is 8.34. The SMILES string of the molecule is Cn1c(=O)c2sc3ccccc3c2c2cc([N+](C)(C)C)ccc21. The molecule has 116 valence electrons. The fourth-order valence-electron chi connectivity index (χ4n) is 3.16. The number of quaternary nitrogens is 1. The number of pyridine rings is 1. The van der Waals surface area contributed by atoms with Crippen LogP contribution in [0.4, 0.5) is 5.69 Å². The lowest BCUT2D eigenvalue weighted by molar-refractivity contribution is 0.487. The van der Waals surface area contributed by atoms with Crippen LogP contribution < -0.4 is 10.0 Å². The second-order valence-corrected chi connectivity index (χ2v) is 7.93. The van der Waals surface area contributed by atoms with Crippen molar-refractivity contribution in [3.05, 3.63) is 52.8 Å². The van der Waals surface area contributed by atoms with E-state index in [-0.39, 0.29) is 5.56 Å². The highest BCUT2D eigenvalue weighted by atomic mass is 32.1. The number of hydrogen-bond acceptors (Lipinski definition) is 2. The Morgan fingerprint density at radius 1 is 1.00 bits per heavy atom. The predicted octanol–water partition coefficient (Wildman–Crippen LogP) is 4.10. The van der Waals surface area contributed by atoms with Gasteiger partial charge in [0.2, 0.25) is 0 Å². The van der Waals surface area contributed by atoms with Crippen LogP contribution in [0.15, 0.2) is 47.3 Å². The van der Waals surface area contributed by atoms with Crippen LogP contribution in [-0.4, -0.2) is 25.7 Å². The number of benzene rings is 2. The molecule has 4 aromatic rings. The zero-order valence-corrected chi connectivity index (χ0v) is 14.6. The quantitative estimate of drug-likeness (QED) is 0.483. The maximum Gasteiger partial charge on any atom is 0.268 e. The van der Waals surface area contributed by atoms with Gasteiger partial charge in [-0.1, -0.05) is 18.2 Å². The molecule has 0 aliphatic rings. The van der Waals surface area contributed by atoms with E-state index >= 15 is 0 Å².